The number of nitrogens with one attached hydrogen (secondary N) is 3. The summed E-state index contributed by atoms with van der Waals surface area (Å²) in [6, 6.07) is 17.6. The van der Waals surface area contributed by atoms with Crippen LogP contribution in [0.25, 0.3) is 10.9 Å². The zero-order valence-electron chi connectivity index (χ0n) is 17.1. The molecule has 8 heteroatoms. The fourth-order valence-electron chi connectivity index (χ4n) is 3.01. The van der Waals surface area contributed by atoms with Crippen LogP contribution in [0.2, 0.25) is 0 Å². The highest BCUT2D eigenvalue weighted by Gasteiger charge is 2.10. The molecule has 0 aliphatic rings. The van der Waals surface area contributed by atoms with Crippen LogP contribution < -0.4 is 16.0 Å². The molecule has 156 valence electrons. The first-order chi connectivity index (χ1) is 15.6. The Bertz CT molecular complexity index is 1360. The van der Waals surface area contributed by atoms with Crippen molar-refractivity contribution in [2.45, 2.75) is 6.92 Å². The van der Waals surface area contributed by atoms with Crippen molar-refractivity contribution in [2.24, 2.45) is 0 Å². The van der Waals surface area contributed by atoms with Crippen LogP contribution >= 0.6 is 0 Å². The molecule has 0 saturated heterocycles. The Balaban J connectivity index is 1.59. The zero-order chi connectivity index (χ0) is 22.3. The van der Waals surface area contributed by atoms with Crippen molar-refractivity contribution in [2.75, 3.05) is 16.0 Å². The Hall–Kier alpha value is -4.77. The maximum absolute atomic E-state index is 12.6. The van der Waals surface area contributed by atoms with E-state index < -0.39 is 5.91 Å². The van der Waals surface area contributed by atoms with Crippen molar-refractivity contribution in [3.05, 3.63) is 78.8 Å². The van der Waals surface area contributed by atoms with Gasteiger partial charge in [-0.15, -0.1) is 0 Å². The maximum atomic E-state index is 12.6. The molecule has 2 amide bonds. The minimum atomic E-state index is -0.398. The molecule has 2 heterocycles. The number of pyridine rings is 1. The SMILES string of the molecule is CC#CC(=O)Nc1ccc2ncnc(Nc3cccc(C(=O)Nc4ccccn4)c3)c2c1. The summed E-state index contributed by atoms with van der Waals surface area (Å²) in [5.41, 5.74) is 2.41. The number of aromatic nitrogens is 3. The standard InChI is InChI=1S/C24H18N6O2/c1-2-6-22(31)28-18-10-11-20-19(14-18)23(27-15-26-20)29-17-8-5-7-16(13-17)24(32)30-21-9-3-4-12-25-21/h3-5,7-15H,1H3,(H,28,31)(H,25,30,32)(H,26,27,29). The van der Waals surface area contributed by atoms with Crippen LogP contribution in [-0.2, 0) is 4.79 Å². The summed E-state index contributed by atoms with van der Waals surface area (Å²) in [4.78, 5) is 37.1. The van der Waals surface area contributed by atoms with E-state index in [1.165, 1.54) is 6.33 Å². The van der Waals surface area contributed by atoms with Crippen LogP contribution in [0.3, 0.4) is 0 Å². The predicted octanol–water partition coefficient (Wildman–Crippen LogP) is 3.98. The third kappa shape index (κ3) is 4.86. The first-order valence-electron chi connectivity index (χ1n) is 9.70. The quantitative estimate of drug-likeness (QED) is 0.420. The fourth-order valence-corrected chi connectivity index (χ4v) is 3.01. The topological polar surface area (TPSA) is 109 Å². The third-order valence-corrected chi connectivity index (χ3v) is 4.43. The Morgan fingerprint density at radius 3 is 2.59 bits per heavy atom. The predicted molar refractivity (Wildman–Crippen MR) is 124 cm³/mol. The van der Waals surface area contributed by atoms with Crippen LogP contribution in [0.4, 0.5) is 23.0 Å². The molecule has 0 aliphatic carbocycles. The molecule has 2 aromatic carbocycles. The number of rotatable bonds is 5. The van der Waals surface area contributed by atoms with Gasteiger partial charge in [0.25, 0.3) is 11.8 Å². The average molecular weight is 422 g/mol. The van der Waals surface area contributed by atoms with Gasteiger partial charge in [0.1, 0.15) is 18.0 Å². The largest absolute Gasteiger partial charge is 0.340 e. The van der Waals surface area contributed by atoms with Crippen molar-refractivity contribution in [1.82, 2.24) is 15.0 Å². The highest BCUT2D eigenvalue weighted by molar-refractivity contribution is 6.06. The molecular weight excluding hydrogens is 404 g/mol. The van der Waals surface area contributed by atoms with Crippen molar-refractivity contribution >= 4 is 45.7 Å². The van der Waals surface area contributed by atoms with Crippen LogP contribution in [-0.4, -0.2) is 26.8 Å². The number of amides is 2. The molecule has 0 fully saturated rings. The van der Waals surface area contributed by atoms with Gasteiger partial charge in [-0.25, -0.2) is 15.0 Å². The van der Waals surface area contributed by atoms with Crippen molar-refractivity contribution in [3.8, 4) is 11.8 Å². The minimum absolute atomic E-state index is 0.276. The Kier molecular flexibility index (Phi) is 6.00. The molecule has 3 N–H and O–H groups in total. The lowest BCUT2D eigenvalue weighted by atomic mass is 10.1. The van der Waals surface area contributed by atoms with Crippen LogP contribution in [0.5, 0.6) is 0 Å². The zero-order valence-corrected chi connectivity index (χ0v) is 17.1. The number of hydrogen-bond acceptors (Lipinski definition) is 6. The molecule has 0 aliphatic heterocycles. The van der Waals surface area contributed by atoms with Gasteiger partial charge in [0.2, 0.25) is 0 Å². The van der Waals surface area contributed by atoms with E-state index in [-0.39, 0.29) is 5.91 Å². The van der Waals surface area contributed by atoms with Crippen LogP contribution in [0.15, 0.2) is 73.2 Å². The van der Waals surface area contributed by atoms with Crippen molar-refractivity contribution in [1.29, 1.82) is 0 Å². The lowest BCUT2D eigenvalue weighted by Crippen LogP contribution is -2.13. The van der Waals surface area contributed by atoms with Gasteiger partial charge in [-0.3, -0.25) is 9.59 Å². The van der Waals surface area contributed by atoms with E-state index in [1.807, 2.05) is 6.07 Å². The summed E-state index contributed by atoms with van der Waals surface area (Å²) in [7, 11) is 0. The first kappa shape index (κ1) is 20.5. The van der Waals surface area contributed by atoms with Crippen LogP contribution in [0.1, 0.15) is 17.3 Å². The Morgan fingerprint density at radius 1 is 0.875 bits per heavy atom. The number of anilines is 4. The molecule has 0 atom stereocenters. The number of carbonyl (C=O) groups excluding carboxylic acids is 2. The average Bonchev–Trinajstić information content (AvgIpc) is 2.80. The van der Waals surface area contributed by atoms with Gasteiger partial charge in [0, 0.05) is 28.5 Å². The summed E-state index contributed by atoms with van der Waals surface area (Å²) in [5, 5.41) is 9.41. The Morgan fingerprint density at radius 2 is 1.78 bits per heavy atom. The van der Waals surface area contributed by atoms with E-state index in [1.54, 1.807) is 67.7 Å². The monoisotopic (exact) mass is 422 g/mol. The van der Waals surface area contributed by atoms with Crippen LogP contribution in [0, 0.1) is 11.8 Å². The highest BCUT2D eigenvalue weighted by atomic mass is 16.2. The normalized spacial score (nSPS) is 10.0. The molecule has 32 heavy (non-hydrogen) atoms. The maximum Gasteiger partial charge on any atom is 0.300 e. The molecule has 0 unspecified atom stereocenters. The van der Waals surface area contributed by atoms with Gasteiger partial charge in [-0.2, -0.15) is 0 Å². The molecule has 0 spiro atoms. The second kappa shape index (κ2) is 9.36. The van der Waals surface area contributed by atoms with E-state index >= 15 is 0 Å². The summed E-state index contributed by atoms with van der Waals surface area (Å²) >= 11 is 0. The number of nitrogens with zero attached hydrogens (tertiary/aromatic N) is 3. The van der Waals surface area contributed by atoms with E-state index in [2.05, 4.69) is 42.7 Å². The number of fused-ring (bicyclic) bond motifs is 1. The second-order valence-corrected chi connectivity index (χ2v) is 6.66. The molecule has 0 bridgehead atoms. The fraction of sp³-hybridized carbons (Fsp3) is 0.0417. The van der Waals surface area contributed by atoms with Crippen molar-refractivity contribution < 1.29 is 9.59 Å². The third-order valence-electron chi connectivity index (χ3n) is 4.43. The molecule has 4 rings (SSSR count). The van der Waals surface area contributed by atoms with Gasteiger partial charge < -0.3 is 16.0 Å². The molecule has 4 aromatic rings. The highest BCUT2D eigenvalue weighted by Crippen LogP contribution is 2.26. The second-order valence-electron chi connectivity index (χ2n) is 6.66. The lowest BCUT2D eigenvalue weighted by molar-refractivity contribution is -0.111. The van der Waals surface area contributed by atoms with Gasteiger partial charge in [0.05, 0.1) is 5.52 Å². The summed E-state index contributed by atoms with van der Waals surface area (Å²) < 4.78 is 0. The minimum Gasteiger partial charge on any atom is -0.340 e. The summed E-state index contributed by atoms with van der Waals surface area (Å²) in [6.45, 7) is 1.60. The molecule has 8 nitrogen and oxygen atoms in total. The molecule has 2 aromatic heterocycles. The molecular formula is C24H18N6O2. The van der Waals surface area contributed by atoms with E-state index in [9.17, 15) is 9.59 Å². The van der Waals surface area contributed by atoms with Gasteiger partial charge in [-0.1, -0.05) is 18.1 Å². The number of carbonyl (C=O) groups is 2. The number of hydrogen-bond donors (Lipinski definition) is 3. The first-order valence-corrected chi connectivity index (χ1v) is 9.70. The van der Waals surface area contributed by atoms with E-state index in [0.717, 1.165) is 0 Å². The number of benzene rings is 2. The molecule has 0 radical (unpaired) electrons. The van der Waals surface area contributed by atoms with Crippen molar-refractivity contribution in [3.63, 3.8) is 0 Å². The summed E-state index contributed by atoms with van der Waals surface area (Å²) in [5.74, 6) is 5.34. The summed E-state index contributed by atoms with van der Waals surface area (Å²) in [6.07, 6.45) is 3.06. The Labute approximate surface area is 184 Å². The van der Waals surface area contributed by atoms with Gasteiger partial charge >= 0.3 is 0 Å². The van der Waals surface area contributed by atoms with E-state index in [0.29, 0.717) is 39.5 Å². The smallest absolute Gasteiger partial charge is 0.300 e. The van der Waals surface area contributed by atoms with Gasteiger partial charge in [0.15, 0.2) is 0 Å². The van der Waals surface area contributed by atoms with E-state index in [4.69, 9.17) is 0 Å². The molecule has 0 saturated carbocycles. The lowest BCUT2D eigenvalue weighted by Gasteiger charge is -2.11. The van der Waals surface area contributed by atoms with Gasteiger partial charge in [-0.05, 0) is 61.4 Å².